The van der Waals surface area contributed by atoms with E-state index in [2.05, 4.69) is 20.7 Å². The summed E-state index contributed by atoms with van der Waals surface area (Å²) in [6.45, 7) is 0. The van der Waals surface area contributed by atoms with Gasteiger partial charge < -0.3 is 16.0 Å². The fourth-order valence-electron chi connectivity index (χ4n) is 3.14. The van der Waals surface area contributed by atoms with Crippen molar-refractivity contribution in [1.29, 1.82) is 0 Å². The summed E-state index contributed by atoms with van der Waals surface area (Å²) in [5, 5.41) is 7.58. The summed E-state index contributed by atoms with van der Waals surface area (Å²) >= 11 is 0. The van der Waals surface area contributed by atoms with Crippen molar-refractivity contribution in [3.63, 3.8) is 0 Å². The van der Waals surface area contributed by atoms with Crippen LogP contribution in [0.3, 0.4) is 0 Å². The van der Waals surface area contributed by atoms with Gasteiger partial charge in [-0.15, -0.1) is 0 Å². The minimum atomic E-state index is -4.17. The molecule has 0 unspecified atom stereocenters. The monoisotopic (exact) mass is 468 g/mol. The molecule has 3 amide bonds. The van der Waals surface area contributed by atoms with Crippen LogP contribution in [-0.2, 0) is 19.6 Å². The first-order chi connectivity index (χ1) is 15.7. The first-order valence-corrected chi connectivity index (χ1v) is 11.1. The predicted molar refractivity (Wildman–Crippen MR) is 120 cm³/mol. The maximum Gasteiger partial charge on any atom is 0.261 e. The van der Waals surface area contributed by atoms with Gasteiger partial charge in [-0.1, -0.05) is 12.1 Å². The lowest BCUT2D eigenvalue weighted by atomic mass is 10.1. The maximum absolute atomic E-state index is 13.1. The molecule has 0 saturated heterocycles. The summed E-state index contributed by atoms with van der Waals surface area (Å²) in [5.74, 6) is -2.15. The van der Waals surface area contributed by atoms with Crippen molar-refractivity contribution >= 4 is 50.5 Å². The van der Waals surface area contributed by atoms with Gasteiger partial charge in [0.25, 0.3) is 15.9 Å². The molecule has 0 radical (unpaired) electrons. The molecule has 0 bridgehead atoms. The van der Waals surface area contributed by atoms with E-state index in [0.29, 0.717) is 5.69 Å². The minimum absolute atomic E-state index is 0.0180. The number of rotatable bonds is 5. The van der Waals surface area contributed by atoms with E-state index < -0.39 is 33.6 Å². The molecule has 0 saturated carbocycles. The predicted octanol–water partition coefficient (Wildman–Crippen LogP) is 3.16. The molecule has 1 aliphatic rings. The third kappa shape index (κ3) is 4.99. The van der Waals surface area contributed by atoms with Crippen LogP contribution in [0.2, 0.25) is 0 Å². The van der Waals surface area contributed by atoms with Crippen molar-refractivity contribution in [3.05, 3.63) is 78.1 Å². The lowest BCUT2D eigenvalue weighted by molar-refractivity contribution is -0.123. The zero-order chi connectivity index (χ0) is 23.6. The van der Waals surface area contributed by atoms with Crippen LogP contribution in [0.4, 0.5) is 27.1 Å². The number of halogens is 1. The third-order valence-electron chi connectivity index (χ3n) is 4.69. The van der Waals surface area contributed by atoms with Crippen LogP contribution in [0.25, 0.3) is 0 Å². The number of hydrogen-bond donors (Lipinski definition) is 4. The molecule has 0 fully saturated rings. The van der Waals surface area contributed by atoms with Crippen LogP contribution >= 0.6 is 0 Å². The molecule has 0 atom stereocenters. The molecule has 1 aliphatic heterocycles. The van der Waals surface area contributed by atoms with Crippen molar-refractivity contribution in [2.75, 3.05) is 20.7 Å². The molecular weight excluding hydrogens is 451 g/mol. The highest BCUT2D eigenvalue weighted by molar-refractivity contribution is 7.92. The number of carbonyl (C=O) groups is 3. The molecular formula is C22H17FN4O5S. The molecule has 0 aliphatic carbocycles. The van der Waals surface area contributed by atoms with Gasteiger partial charge >= 0.3 is 0 Å². The van der Waals surface area contributed by atoms with Crippen molar-refractivity contribution in [2.24, 2.45) is 0 Å². The summed E-state index contributed by atoms with van der Waals surface area (Å²) in [4.78, 5) is 36.0. The Bertz CT molecular complexity index is 1370. The Labute approximate surface area is 188 Å². The first-order valence-electron chi connectivity index (χ1n) is 9.64. The second kappa shape index (κ2) is 8.71. The topological polar surface area (TPSA) is 133 Å². The number of anilines is 4. The number of para-hydroxylation sites is 1. The SMILES string of the molecule is O=C1CC(=O)Nc2cc(S(=O)(=O)Nc3ccccc3C(=O)Nc3ccc(F)cc3)ccc2N1. The first kappa shape index (κ1) is 22.0. The minimum Gasteiger partial charge on any atom is -0.324 e. The van der Waals surface area contributed by atoms with Crippen LogP contribution in [0.1, 0.15) is 16.8 Å². The standard InChI is InChI=1S/C22H17FN4O5S/c23-13-5-7-14(8-6-13)24-22(30)16-3-1-2-4-17(16)27-33(31,32)15-9-10-18-19(11-15)26-21(29)12-20(28)25-18/h1-11,27H,12H2,(H,24,30)(H,25,28)(H,26,29). The van der Waals surface area contributed by atoms with Gasteiger partial charge in [0.2, 0.25) is 11.8 Å². The quantitative estimate of drug-likeness (QED) is 0.427. The lowest BCUT2D eigenvalue weighted by Crippen LogP contribution is -2.19. The van der Waals surface area contributed by atoms with E-state index in [1.54, 1.807) is 12.1 Å². The molecule has 4 N–H and O–H groups in total. The zero-order valence-electron chi connectivity index (χ0n) is 16.9. The Balaban J connectivity index is 1.60. The fourth-order valence-corrected chi connectivity index (χ4v) is 4.25. The summed E-state index contributed by atoms with van der Waals surface area (Å²) in [7, 11) is -4.17. The Morgan fingerprint density at radius 2 is 1.55 bits per heavy atom. The Kier molecular flexibility index (Phi) is 5.80. The number of benzene rings is 3. The number of amides is 3. The van der Waals surface area contributed by atoms with Crippen LogP contribution in [0.15, 0.2) is 71.6 Å². The Hall–Kier alpha value is -4.25. The summed E-state index contributed by atoms with van der Waals surface area (Å²) in [6.07, 6.45) is -0.383. The number of nitrogens with one attached hydrogen (secondary N) is 4. The number of hydrogen-bond acceptors (Lipinski definition) is 5. The van der Waals surface area contributed by atoms with E-state index >= 15 is 0 Å². The molecule has 11 heteroatoms. The zero-order valence-corrected chi connectivity index (χ0v) is 17.7. The van der Waals surface area contributed by atoms with Crippen LogP contribution < -0.4 is 20.7 Å². The highest BCUT2D eigenvalue weighted by Crippen LogP contribution is 2.29. The van der Waals surface area contributed by atoms with Crippen molar-refractivity contribution in [1.82, 2.24) is 0 Å². The summed E-state index contributed by atoms with van der Waals surface area (Å²) in [5.41, 5.74) is 0.799. The van der Waals surface area contributed by atoms with Gasteiger partial charge in [-0.05, 0) is 54.6 Å². The van der Waals surface area contributed by atoms with Gasteiger partial charge in [-0.3, -0.25) is 19.1 Å². The molecule has 168 valence electrons. The van der Waals surface area contributed by atoms with E-state index in [0.717, 1.165) is 0 Å². The van der Waals surface area contributed by atoms with E-state index in [-0.39, 0.29) is 33.9 Å². The highest BCUT2D eigenvalue weighted by Gasteiger charge is 2.23. The number of carbonyl (C=O) groups excluding carboxylic acids is 3. The van der Waals surface area contributed by atoms with Gasteiger partial charge in [-0.25, -0.2) is 12.8 Å². The smallest absolute Gasteiger partial charge is 0.261 e. The Morgan fingerprint density at radius 1 is 0.879 bits per heavy atom. The van der Waals surface area contributed by atoms with Crippen LogP contribution in [-0.4, -0.2) is 26.1 Å². The average molecular weight is 468 g/mol. The molecule has 9 nitrogen and oxygen atoms in total. The van der Waals surface area contributed by atoms with Gasteiger partial charge in [0.15, 0.2) is 0 Å². The van der Waals surface area contributed by atoms with Crippen molar-refractivity contribution in [3.8, 4) is 0 Å². The van der Waals surface area contributed by atoms with Crippen molar-refractivity contribution < 1.29 is 27.2 Å². The van der Waals surface area contributed by atoms with Gasteiger partial charge in [-0.2, -0.15) is 0 Å². The largest absolute Gasteiger partial charge is 0.324 e. The van der Waals surface area contributed by atoms with E-state index in [9.17, 15) is 27.2 Å². The van der Waals surface area contributed by atoms with Gasteiger partial charge in [0, 0.05) is 5.69 Å². The van der Waals surface area contributed by atoms with Crippen molar-refractivity contribution in [2.45, 2.75) is 11.3 Å². The molecule has 3 aromatic carbocycles. The normalized spacial score (nSPS) is 13.2. The molecule has 0 spiro atoms. The molecule has 4 rings (SSSR count). The van der Waals surface area contributed by atoms with Gasteiger partial charge in [0.05, 0.1) is 27.5 Å². The number of fused-ring (bicyclic) bond motifs is 1. The number of sulfonamides is 1. The Morgan fingerprint density at radius 3 is 2.27 bits per heavy atom. The summed E-state index contributed by atoms with van der Waals surface area (Å²) in [6, 6.07) is 14.9. The molecule has 3 aromatic rings. The van der Waals surface area contributed by atoms with E-state index in [1.165, 1.54) is 54.6 Å². The maximum atomic E-state index is 13.1. The van der Waals surface area contributed by atoms with Crippen LogP contribution in [0, 0.1) is 5.82 Å². The van der Waals surface area contributed by atoms with Crippen LogP contribution in [0.5, 0.6) is 0 Å². The van der Waals surface area contributed by atoms with E-state index in [1.807, 2.05) is 0 Å². The average Bonchev–Trinajstić information content (AvgIpc) is 2.91. The van der Waals surface area contributed by atoms with E-state index in [4.69, 9.17) is 0 Å². The lowest BCUT2D eigenvalue weighted by Gasteiger charge is -2.14. The highest BCUT2D eigenvalue weighted by atomic mass is 32.2. The fraction of sp³-hybridized carbons (Fsp3) is 0.0455. The molecule has 1 heterocycles. The third-order valence-corrected chi connectivity index (χ3v) is 6.05. The molecule has 0 aromatic heterocycles. The summed E-state index contributed by atoms with van der Waals surface area (Å²) < 4.78 is 41.5. The van der Waals surface area contributed by atoms with Gasteiger partial charge in [0.1, 0.15) is 12.2 Å². The second-order valence-electron chi connectivity index (χ2n) is 7.09. The second-order valence-corrected chi connectivity index (χ2v) is 8.78. The molecule has 33 heavy (non-hydrogen) atoms.